The van der Waals surface area contributed by atoms with Crippen LogP contribution in [0.4, 0.5) is 0 Å². The van der Waals surface area contributed by atoms with E-state index in [1.807, 2.05) is 0 Å². The van der Waals surface area contributed by atoms with Gasteiger partial charge >= 0.3 is 0 Å². The number of aryl methyl sites for hydroxylation is 2. The number of carbonyl (C=O) groups is 1. The maximum Gasteiger partial charge on any atom is 0.223 e. The molecular formula is C23H28Cl2N2O3S. The molecule has 1 N–H and O–H groups in total. The summed E-state index contributed by atoms with van der Waals surface area (Å²) in [6.45, 7) is 3.40. The van der Waals surface area contributed by atoms with Gasteiger partial charge in [0, 0.05) is 25.6 Å². The zero-order chi connectivity index (χ0) is 22.4. The maximum atomic E-state index is 12.7. The molecule has 0 unspecified atom stereocenters. The number of nitrogens with one attached hydrogen (secondary N) is 1. The number of amides is 1. The number of nitrogens with zero attached hydrogens (tertiary/aromatic N) is 1. The topological polar surface area (TPSA) is 66.5 Å². The Labute approximate surface area is 194 Å². The van der Waals surface area contributed by atoms with Crippen molar-refractivity contribution in [1.82, 2.24) is 9.62 Å². The highest BCUT2D eigenvalue weighted by Gasteiger charge is 2.31. The lowest BCUT2D eigenvalue weighted by Gasteiger charge is -2.30. The summed E-state index contributed by atoms with van der Waals surface area (Å²) in [6, 6.07) is 13.3. The van der Waals surface area contributed by atoms with Crippen LogP contribution in [0.1, 0.15) is 36.0 Å². The van der Waals surface area contributed by atoms with Crippen LogP contribution in [0.5, 0.6) is 0 Å². The van der Waals surface area contributed by atoms with Crippen molar-refractivity contribution in [1.29, 1.82) is 0 Å². The minimum absolute atomic E-state index is 0.0189. The third-order valence-electron chi connectivity index (χ3n) is 5.61. The molecule has 0 radical (unpaired) electrons. The van der Waals surface area contributed by atoms with Crippen molar-refractivity contribution in [2.75, 3.05) is 19.6 Å². The third kappa shape index (κ3) is 6.94. The first kappa shape index (κ1) is 24.1. The molecule has 1 saturated heterocycles. The molecule has 1 aliphatic rings. The standard InChI is InChI=1S/C23H28Cl2N2O3S/c1-17-4-6-18(7-5-17)3-2-12-26-23(28)20-10-13-27(14-11-20)31(29,30)16-19-8-9-21(24)22(25)15-19/h4-9,15,20H,2-3,10-14,16H2,1H3,(H,26,28). The number of hydrogen-bond donors (Lipinski definition) is 1. The molecule has 0 bridgehead atoms. The Hall–Kier alpha value is -1.60. The molecule has 0 atom stereocenters. The van der Waals surface area contributed by atoms with Crippen molar-refractivity contribution in [2.45, 2.75) is 38.4 Å². The summed E-state index contributed by atoms with van der Waals surface area (Å²) in [4.78, 5) is 12.5. The maximum absolute atomic E-state index is 12.7. The number of hydrogen-bond acceptors (Lipinski definition) is 3. The van der Waals surface area contributed by atoms with Crippen LogP contribution < -0.4 is 5.32 Å². The summed E-state index contributed by atoms with van der Waals surface area (Å²) in [5.74, 6) is -0.249. The SMILES string of the molecule is Cc1ccc(CCCNC(=O)C2CCN(S(=O)(=O)Cc3ccc(Cl)c(Cl)c3)CC2)cc1. The molecule has 1 heterocycles. The van der Waals surface area contributed by atoms with Crippen molar-refractivity contribution in [3.63, 3.8) is 0 Å². The lowest BCUT2D eigenvalue weighted by atomic mass is 9.97. The average Bonchev–Trinajstić information content (AvgIpc) is 2.75. The van der Waals surface area contributed by atoms with Gasteiger partial charge in [0.15, 0.2) is 0 Å². The van der Waals surface area contributed by atoms with Gasteiger partial charge in [-0.05, 0) is 55.9 Å². The van der Waals surface area contributed by atoms with E-state index in [1.165, 1.54) is 15.4 Å². The van der Waals surface area contributed by atoms with Gasteiger partial charge in [0.1, 0.15) is 0 Å². The molecule has 5 nitrogen and oxygen atoms in total. The van der Waals surface area contributed by atoms with Crippen LogP contribution in [0.25, 0.3) is 0 Å². The van der Waals surface area contributed by atoms with E-state index in [-0.39, 0.29) is 17.6 Å². The number of carbonyl (C=O) groups excluding carboxylic acids is 1. The van der Waals surface area contributed by atoms with Crippen molar-refractivity contribution in [3.05, 3.63) is 69.2 Å². The highest BCUT2D eigenvalue weighted by molar-refractivity contribution is 7.88. The fourth-order valence-electron chi connectivity index (χ4n) is 3.73. The van der Waals surface area contributed by atoms with Crippen LogP contribution in [0, 0.1) is 12.8 Å². The van der Waals surface area contributed by atoms with Crippen LogP contribution in [0.3, 0.4) is 0 Å². The molecule has 0 spiro atoms. The van der Waals surface area contributed by atoms with Gasteiger partial charge < -0.3 is 5.32 Å². The number of halogens is 2. The zero-order valence-corrected chi connectivity index (χ0v) is 19.9. The van der Waals surface area contributed by atoms with Crippen molar-refractivity contribution < 1.29 is 13.2 Å². The predicted molar refractivity (Wildman–Crippen MR) is 126 cm³/mol. The second-order valence-corrected chi connectivity index (χ2v) is 10.8. The molecule has 2 aromatic carbocycles. The summed E-state index contributed by atoms with van der Waals surface area (Å²) in [6.07, 6.45) is 2.87. The first-order valence-corrected chi connectivity index (χ1v) is 12.9. The first-order chi connectivity index (χ1) is 14.7. The fourth-order valence-corrected chi connectivity index (χ4v) is 5.60. The lowest BCUT2D eigenvalue weighted by molar-refractivity contribution is -0.126. The summed E-state index contributed by atoms with van der Waals surface area (Å²) >= 11 is 11.9. The Balaban J connectivity index is 1.42. The molecule has 0 aliphatic carbocycles. The summed E-state index contributed by atoms with van der Waals surface area (Å²) < 4.78 is 27.0. The van der Waals surface area contributed by atoms with Gasteiger partial charge in [-0.3, -0.25) is 4.79 Å². The molecule has 1 aliphatic heterocycles. The van der Waals surface area contributed by atoms with E-state index < -0.39 is 10.0 Å². The molecule has 0 aromatic heterocycles. The molecule has 0 saturated carbocycles. The van der Waals surface area contributed by atoms with Gasteiger partial charge in [-0.2, -0.15) is 0 Å². The zero-order valence-electron chi connectivity index (χ0n) is 17.6. The average molecular weight is 483 g/mol. The van der Waals surface area contributed by atoms with E-state index in [9.17, 15) is 13.2 Å². The Bertz CT molecular complexity index is 1000. The summed E-state index contributed by atoms with van der Waals surface area (Å²) in [5.41, 5.74) is 3.10. The monoisotopic (exact) mass is 482 g/mol. The Morgan fingerprint density at radius 3 is 2.32 bits per heavy atom. The molecule has 8 heteroatoms. The Kier molecular flexibility index (Phi) is 8.39. The molecule has 2 aromatic rings. The van der Waals surface area contributed by atoms with Crippen molar-refractivity contribution in [3.8, 4) is 0 Å². The molecular weight excluding hydrogens is 455 g/mol. The molecule has 31 heavy (non-hydrogen) atoms. The van der Waals surface area contributed by atoms with Gasteiger partial charge in [0.2, 0.25) is 15.9 Å². The van der Waals surface area contributed by atoms with Crippen molar-refractivity contribution >= 4 is 39.1 Å². The lowest BCUT2D eigenvalue weighted by Crippen LogP contribution is -2.43. The second kappa shape index (κ2) is 10.8. The van der Waals surface area contributed by atoms with E-state index in [2.05, 4.69) is 36.5 Å². The summed E-state index contributed by atoms with van der Waals surface area (Å²) in [5, 5.41) is 3.74. The molecule has 3 rings (SSSR count). The Morgan fingerprint density at radius 2 is 1.68 bits per heavy atom. The van der Waals surface area contributed by atoms with Gasteiger partial charge in [0.25, 0.3) is 0 Å². The van der Waals surface area contributed by atoms with Gasteiger partial charge in [-0.15, -0.1) is 0 Å². The van der Waals surface area contributed by atoms with E-state index in [0.717, 1.165) is 12.8 Å². The minimum atomic E-state index is -3.47. The Morgan fingerprint density at radius 1 is 1.03 bits per heavy atom. The fraction of sp³-hybridized carbons (Fsp3) is 0.435. The number of rotatable bonds is 8. The highest BCUT2D eigenvalue weighted by Crippen LogP contribution is 2.26. The highest BCUT2D eigenvalue weighted by atomic mass is 35.5. The van der Waals surface area contributed by atoms with E-state index in [1.54, 1.807) is 18.2 Å². The minimum Gasteiger partial charge on any atom is -0.356 e. The van der Waals surface area contributed by atoms with Gasteiger partial charge in [-0.1, -0.05) is 59.1 Å². The molecule has 1 amide bonds. The quantitative estimate of drug-likeness (QED) is 0.559. The van der Waals surface area contributed by atoms with E-state index in [0.29, 0.717) is 48.1 Å². The number of sulfonamides is 1. The van der Waals surface area contributed by atoms with Crippen LogP contribution >= 0.6 is 23.2 Å². The van der Waals surface area contributed by atoms with Crippen LogP contribution in [0.15, 0.2) is 42.5 Å². The van der Waals surface area contributed by atoms with Crippen LogP contribution in [-0.4, -0.2) is 38.3 Å². The van der Waals surface area contributed by atoms with E-state index in [4.69, 9.17) is 23.2 Å². The predicted octanol–water partition coefficient (Wildman–Crippen LogP) is 4.59. The van der Waals surface area contributed by atoms with Gasteiger partial charge in [0.05, 0.1) is 15.8 Å². The summed E-state index contributed by atoms with van der Waals surface area (Å²) in [7, 11) is -3.47. The number of benzene rings is 2. The second-order valence-electron chi connectivity index (χ2n) is 8.06. The number of piperidine rings is 1. The van der Waals surface area contributed by atoms with E-state index >= 15 is 0 Å². The third-order valence-corrected chi connectivity index (χ3v) is 8.20. The molecule has 1 fully saturated rings. The van der Waals surface area contributed by atoms with Gasteiger partial charge in [-0.25, -0.2) is 12.7 Å². The normalized spacial score (nSPS) is 15.7. The first-order valence-electron chi connectivity index (χ1n) is 10.5. The molecule has 168 valence electrons. The van der Waals surface area contributed by atoms with Crippen molar-refractivity contribution in [2.24, 2.45) is 5.92 Å². The largest absolute Gasteiger partial charge is 0.356 e. The van der Waals surface area contributed by atoms with Crippen LogP contribution in [-0.2, 0) is 27.0 Å². The van der Waals surface area contributed by atoms with Crippen LogP contribution in [0.2, 0.25) is 10.0 Å². The smallest absolute Gasteiger partial charge is 0.223 e.